The van der Waals surface area contributed by atoms with Crippen molar-refractivity contribution in [2.75, 3.05) is 19.0 Å². The molecule has 2 heterocycles. The molecule has 3 aromatic rings. The Balaban J connectivity index is 1.40. The van der Waals surface area contributed by atoms with E-state index in [-0.39, 0.29) is 11.9 Å². The van der Waals surface area contributed by atoms with E-state index in [0.29, 0.717) is 0 Å². The van der Waals surface area contributed by atoms with Crippen molar-refractivity contribution in [1.29, 1.82) is 0 Å². The van der Waals surface area contributed by atoms with Crippen molar-refractivity contribution in [2.45, 2.75) is 25.4 Å². The number of amides is 1. The summed E-state index contributed by atoms with van der Waals surface area (Å²) in [6.45, 7) is 1.68. The molecule has 0 unspecified atom stereocenters. The van der Waals surface area contributed by atoms with Gasteiger partial charge in [-0.05, 0) is 49.2 Å². The summed E-state index contributed by atoms with van der Waals surface area (Å²) in [5.41, 5.74) is 5.81. The van der Waals surface area contributed by atoms with E-state index in [0.717, 1.165) is 54.2 Å². The van der Waals surface area contributed by atoms with Gasteiger partial charge in [0.1, 0.15) is 5.75 Å². The van der Waals surface area contributed by atoms with Gasteiger partial charge in [-0.25, -0.2) is 4.98 Å². The highest BCUT2D eigenvalue weighted by atomic mass is 32.1. The van der Waals surface area contributed by atoms with Gasteiger partial charge >= 0.3 is 0 Å². The molecule has 0 saturated carbocycles. The van der Waals surface area contributed by atoms with Crippen LogP contribution < -0.4 is 10.1 Å². The minimum Gasteiger partial charge on any atom is -0.497 e. The molecule has 1 atom stereocenters. The normalized spacial score (nSPS) is 16.8. The number of anilines is 1. The molecule has 1 amide bonds. The van der Waals surface area contributed by atoms with E-state index >= 15 is 0 Å². The first-order chi connectivity index (χ1) is 13.7. The summed E-state index contributed by atoms with van der Waals surface area (Å²) in [6.07, 6.45) is 1.91. The quantitative estimate of drug-likeness (QED) is 0.673. The zero-order valence-corrected chi connectivity index (χ0v) is 16.6. The molecular formula is C22H23N3O2S. The molecule has 0 bridgehead atoms. The number of likely N-dealkylation sites (tertiary alicyclic amines) is 1. The number of carbonyl (C=O) groups excluding carboxylic acids is 1. The van der Waals surface area contributed by atoms with Gasteiger partial charge in [-0.2, -0.15) is 0 Å². The lowest BCUT2D eigenvalue weighted by molar-refractivity contribution is -0.120. The van der Waals surface area contributed by atoms with E-state index in [1.165, 1.54) is 0 Å². The number of carbonyl (C=O) groups is 1. The number of nitrogens with zero attached hydrogens (tertiary/aromatic N) is 2. The van der Waals surface area contributed by atoms with Crippen molar-refractivity contribution < 1.29 is 9.53 Å². The van der Waals surface area contributed by atoms with E-state index in [2.05, 4.69) is 21.3 Å². The number of methoxy groups -OCH3 is 1. The van der Waals surface area contributed by atoms with Gasteiger partial charge in [-0.15, -0.1) is 11.3 Å². The third kappa shape index (κ3) is 4.24. The minimum atomic E-state index is -0.107. The van der Waals surface area contributed by atoms with Gasteiger partial charge in [-0.1, -0.05) is 24.3 Å². The maximum atomic E-state index is 12.9. The lowest BCUT2D eigenvalue weighted by Crippen LogP contribution is -2.39. The average Bonchev–Trinajstić information content (AvgIpc) is 3.41. The first-order valence-corrected chi connectivity index (χ1v) is 10.3. The fourth-order valence-corrected chi connectivity index (χ4v) is 4.18. The van der Waals surface area contributed by atoms with Gasteiger partial charge in [0, 0.05) is 23.2 Å². The first-order valence-electron chi connectivity index (χ1n) is 9.39. The molecule has 2 aromatic carbocycles. The Morgan fingerprint density at radius 1 is 1.29 bits per heavy atom. The smallest absolute Gasteiger partial charge is 0.241 e. The highest BCUT2D eigenvalue weighted by Gasteiger charge is 2.30. The first kappa shape index (κ1) is 18.7. The van der Waals surface area contributed by atoms with Gasteiger partial charge in [-0.3, -0.25) is 9.69 Å². The Kier molecular flexibility index (Phi) is 5.69. The molecule has 1 saturated heterocycles. The van der Waals surface area contributed by atoms with Crippen molar-refractivity contribution in [3.63, 3.8) is 0 Å². The third-order valence-electron chi connectivity index (χ3n) is 5.07. The Bertz CT molecular complexity index is 925. The molecular weight excluding hydrogens is 370 g/mol. The standard InChI is InChI=1S/C22H23N3O2S/c1-27-19-5-2-4-16(12-19)13-25-11-3-6-21(25)22(26)24-18-9-7-17(8-10-18)20-14-28-15-23-20/h2,4-5,7-10,12,14-15,21H,3,6,11,13H2,1H3,(H,24,26)/t21-/m1/s1. The summed E-state index contributed by atoms with van der Waals surface area (Å²) in [4.78, 5) is 19.4. The van der Waals surface area contributed by atoms with Crippen molar-refractivity contribution >= 4 is 22.9 Å². The topological polar surface area (TPSA) is 54.5 Å². The molecule has 1 aliphatic rings. The van der Waals surface area contributed by atoms with Crippen LogP contribution in [0.4, 0.5) is 5.69 Å². The number of benzene rings is 2. The van der Waals surface area contributed by atoms with Crippen LogP contribution in [0.3, 0.4) is 0 Å². The molecule has 1 aliphatic heterocycles. The molecule has 1 aromatic heterocycles. The van der Waals surface area contributed by atoms with Crippen LogP contribution in [-0.4, -0.2) is 35.5 Å². The van der Waals surface area contributed by atoms with Crippen LogP contribution in [0.2, 0.25) is 0 Å². The molecule has 1 fully saturated rings. The van der Waals surface area contributed by atoms with Crippen LogP contribution in [0.15, 0.2) is 59.4 Å². The fraction of sp³-hybridized carbons (Fsp3) is 0.273. The van der Waals surface area contributed by atoms with Crippen LogP contribution in [0, 0.1) is 0 Å². The molecule has 1 N–H and O–H groups in total. The van der Waals surface area contributed by atoms with Crippen molar-refractivity contribution in [1.82, 2.24) is 9.88 Å². The second-order valence-electron chi connectivity index (χ2n) is 6.92. The van der Waals surface area contributed by atoms with Crippen LogP contribution in [0.1, 0.15) is 18.4 Å². The van der Waals surface area contributed by atoms with Crippen LogP contribution >= 0.6 is 11.3 Å². The zero-order valence-electron chi connectivity index (χ0n) is 15.8. The average molecular weight is 394 g/mol. The predicted molar refractivity (Wildman–Crippen MR) is 113 cm³/mol. The summed E-state index contributed by atoms with van der Waals surface area (Å²) in [6, 6.07) is 15.8. The van der Waals surface area contributed by atoms with Gasteiger partial charge in [0.25, 0.3) is 0 Å². The van der Waals surface area contributed by atoms with Crippen LogP contribution in [-0.2, 0) is 11.3 Å². The lowest BCUT2D eigenvalue weighted by Gasteiger charge is -2.24. The Morgan fingerprint density at radius 2 is 2.14 bits per heavy atom. The Morgan fingerprint density at radius 3 is 2.89 bits per heavy atom. The molecule has 28 heavy (non-hydrogen) atoms. The molecule has 4 rings (SSSR count). The van der Waals surface area contributed by atoms with E-state index in [4.69, 9.17) is 4.74 Å². The lowest BCUT2D eigenvalue weighted by atomic mass is 10.1. The van der Waals surface area contributed by atoms with Crippen LogP contribution in [0.25, 0.3) is 11.3 Å². The second-order valence-corrected chi connectivity index (χ2v) is 7.64. The summed E-state index contributed by atoms with van der Waals surface area (Å²) >= 11 is 1.57. The largest absolute Gasteiger partial charge is 0.497 e. The maximum absolute atomic E-state index is 12.9. The highest BCUT2D eigenvalue weighted by molar-refractivity contribution is 7.07. The van der Waals surface area contributed by atoms with E-state index in [1.807, 2.05) is 53.4 Å². The SMILES string of the molecule is COc1cccc(CN2CCC[C@@H]2C(=O)Nc2ccc(-c3cscn3)cc2)c1. The fourth-order valence-electron chi connectivity index (χ4n) is 3.62. The van der Waals surface area contributed by atoms with E-state index in [9.17, 15) is 4.79 Å². The van der Waals surface area contributed by atoms with Crippen LogP contribution in [0.5, 0.6) is 5.75 Å². The minimum absolute atomic E-state index is 0.0572. The Labute approximate surface area is 169 Å². The number of ether oxygens (including phenoxy) is 1. The summed E-state index contributed by atoms with van der Waals surface area (Å²) in [7, 11) is 1.67. The van der Waals surface area contributed by atoms with Gasteiger partial charge < -0.3 is 10.1 Å². The number of rotatable bonds is 6. The summed E-state index contributed by atoms with van der Waals surface area (Å²) in [5.74, 6) is 0.903. The number of hydrogen-bond acceptors (Lipinski definition) is 5. The molecule has 0 spiro atoms. The highest BCUT2D eigenvalue weighted by Crippen LogP contribution is 2.25. The van der Waals surface area contributed by atoms with Gasteiger partial charge in [0.15, 0.2) is 0 Å². The summed E-state index contributed by atoms with van der Waals surface area (Å²) < 4.78 is 5.31. The number of aromatic nitrogens is 1. The number of hydrogen-bond donors (Lipinski definition) is 1. The van der Waals surface area contributed by atoms with E-state index < -0.39 is 0 Å². The van der Waals surface area contributed by atoms with Crippen molar-refractivity contribution in [2.24, 2.45) is 0 Å². The van der Waals surface area contributed by atoms with Gasteiger partial charge in [0.05, 0.1) is 24.4 Å². The third-order valence-corrected chi connectivity index (χ3v) is 5.65. The second kappa shape index (κ2) is 8.54. The molecule has 0 radical (unpaired) electrons. The Hall–Kier alpha value is -2.70. The van der Waals surface area contributed by atoms with Gasteiger partial charge in [0.2, 0.25) is 5.91 Å². The molecule has 6 heteroatoms. The van der Waals surface area contributed by atoms with Crippen molar-refractivity contribution in [3.05, 3.63) is 65.0 Å². The van der Waals surface area contributed by atoms with E-state index in [1.54, 1.807) is 18.4 Å². The summed E-state index contributed by atoms with van der Waals surface area (Å²) in [5, 5.41) is 5.09. The number of nitrogens with one attached hydrogen (secondary N) is 1. The predicted octanol–water partition coefficient (Wildman–Crippen LogP) is 4.42. The van der Waals surface area contributed by atoms with Crippen molar-refractivity contribution in [3.8, 4) is 17.0 Å². The maximum Gasteiger partial charge on any atom is 0.241 e. The zero-order chi connectivity index (χ0) is 19.3. The molecule has 5 nitrogen and oxygen atoms in total. The molecule has 144 valence electrons. The molecule has 0 aliphatic carbocycles. The number of thiazole rings is 1. The monoisotopic (exact) mass is 393 g/mol.